The minimum absolute atomic E-state index is 0.132. The van der Waals surface area contributed by atoms with Crippen LogP contribution < -0.4 is 9.47 Å². The number of fused-ring (bicyclic) bond motifs is 1. The highest BCUT2D eigenvalue weighted by Crippen LogP contribution is 2.36. The Morgan fingerprint density at radius 3 is 2.83 bits per heavy atom. The largest absolute Gasteiger partial charge is 0.454 e. The Bertz CT molecular complexity index is 574. The number of benzene rings is 1. The Labute approximate surface area is 105 Å². The zero-order valence-electron chi connectivity index (χ0n) is 10.2. The first kappa shape index (κ1) is 11.2. The van der Waals surface area contributed by atoms with Crippen molar-refractivity contribution in [1.82, 2.24) is 4.57 Å². The van der Waals surface area contributed by atoms with Crippen molar-refractivity contribution in [2.24, 2.45) is 0 Å². The first-order chi connectivity index (χ1) is 8.79. The summed E-state index contributed by atoms with van der Waals surface area (Å²) in [5.74, 6) is 1.57. The summed E-state index contributed by atoms with van der Waals surface area (Å²) in [6.45, 7) is 3.05. The average Bonchev–Trinajstić information content (AvgIpc) is 2.97. The molecule has 1 aliphatic rings. The zero-order chi connectivity index (χ0) is 12.5. The summed E-state index contributed by atoms with van der Waals surface area (Å²) in [5.41, 5.74) is 3.29. The number of ether oxygens (including phenoxy) is 2. The molecule has 2 heterocycles. The minimum atomic E-state index is 0.132. The van der Waals surface area contributed by atoms with Crippen molar-refractivity contribution in [2.75, 3.05) is 13.4 Å². The van der Waals surface area contributed by atoms with Gasteiger partial charge in [0.1, 0.15) is 0 Å². The molecule has 0 radical (unpaired) electrons. The molecule has 0 saturated carbocycles. The Kier molecular flexibility index (Phi) is 2.72. The van der Waals surface area contributed by atoms with Gasteiger partial charge in [0, 0.05) is 23.5 Å². The number of aryl methyl sites for hydroxylation is 1. The lowest BCUT2D eigenvalue weighted by atomic mass is 10.1. The van der Waals surface area contributed by atoms with E-state index < -0.39 is 0 Å². The standard InChI is InChI=1S/C14H15NO3/c1-10-2-4-12(15(10)6-7-16)11-3-5-13-14(8-11)18-9-17-13/h2-5,8,16H,6-7,9H2,1H3. The van der Waals surface area contributed by atoms with Gasteiger partial charge in [-0.15, -0.1) is 0 Å². The molecule has 0 atom stereocenters. The van der Waals surface area contributed by atoms with E-state index in [1.165, 1.54) is 0 Å². The van der Waals surface area contributed by atoms with E-state index in [0.717, 1.165) is 28.5 Å². The predicted molar refractivity (Wildman–Crippen MR) is 67.8 cm³/mol. The summed E-state index contributed by atoms with van der Waals surface area (Å²) in [7, 11) is 0. The van der Waals surface area contributed by atoms with E-state index in [2.05, 4.69) is 16.7 Å². The van der Waals surface area contributed by atoms with Crippen LogP contribution in [0.1, 0.15) is 5.69 Å². The molecular weight excluding hydrogens is 230 g/mol. The Hall–Kier alpha value is -1.94. The van der Waals surface area contributed by atoms with Gasteiger partial charge >= 0.3 is 0 Å². The second-order valence-corrected chi connectivity index (χ2v) is 4.30. The zero-order valence-corrected chi connectivity index (χ0v) is 10.2. The molecule has 1 aromatic heterocycles. The van der Waals surface area contributed by atoms with Gasteiger partial charge in [-0.05, 0) is 37.3 Å². The molecule has 1 aliphatic heterocycles. The molecular formula is C14H15NO3. The van der Waals surface area contributed by atoms with Gasteiger partial charge < -0.3 is 19.1 Å². The normalized spacial score (nSPS) is 13.0. The molecule has 0 aliphatic carbocycles. The highest BCUT2D eigenvalue weighted by molar-refractivity contribution is 5.65. The quantitative estimate of drug-likeness (QED) is 0.901. The van der Waals surface area contributed by atoms with Crippen molar-refractivity contribution in [2.45, 2.75) is 13.5 Å². The maximum Gasteiger partial charge on any atom is 0.231 e. The van der Waals surface area contributed by atoms with Gasteiger partial charge in [0.25, 0.3) is 0 Å². The number of nitrogens with zero attached hydrogens (tertiary/aromatic N) is 1. The van der Waals surface area contributed by atoms with Gasteiger partial charge in [0.15, 0.2) is 11.5 Å². The van der Waals surface area contributed by atoms with Crippen LogP contribution in [0.15, 0.2) is 30.3 Å². The van der Waals surface area contributed by atoms with Crippen LogP contribution in [0.3, 0.4) is 0 Å². The number of aliphatic hydroxyl groups excluding tert-OH is 1. The number of hydrogen-bond donors (Lipinski definition) is 1. The van der Waals surface area contributed by atoms with Crippen LogP contribution in [0.25, 0.3) is 11.3 Å². The Morgan fingerprint density at radius 1 is 1.17 bits per heavy atom. The van der Waals surface area contributed by atoms with Gasteiger partial charge in [-0.2, -0.15) is 0 Å². The summed E-state index contributed by atoms with van der Waals surface area (Å²) in [6.07, 6.45) is 0. The molecule has 2 aromatic rings. The van der Waals surface area contributed by atoms with Crippen LogP contribution in [0.2, 0.25) is 0 Å². The lowest BCUT2D eigenvalue weighted by Crippen LogP contribution is -2.05. The summed E-state index contributed by atoms with van der Waals surface area (Å²) in [5, 5.41) is 9.12. The van der Waals surface area contributed by atoms with E-state index in [9.17, 15) is 0 Å². The van der Waals surface area contributed by atoms with Gasteiger partial charge in [-0.3, -0.25) is 0 Å². The van der Waals surface area contributed by atoms with E-state index >= 15 is 0 Å². The fraction of sp³-hybridized carbons (Fsp3) is 0.286. The van der Waals surface area contributed by atoms with Crippen LogP contribution in [-0.2, 0) is 6.54 Å². The first-order valence-electron chi connectivity index (χ1n) is 5.96. The summed E-state index contributed by atoms with van der Waals surface area (Å²) >= 11 is 0. The molecule has 0 amide bonds. The minimum Gasteiger partial charge on any atom is -0.454 e. The molecule has 4 nitrogen and oxygen atoms in total. The number of hydrogen-bond acceptors (Lipinski definition) is 3. The third-order valence-electron chi connectivity index (χ3n) is 3.19. The van der Waals surface area contributed by atoms with Gasteiger partial charge in [-0.25, -0.2) is 0 Å². The summed E-state index contributed by atoms with van der Waals surface area (Å²) < 4.78 is 12.8. The van der Waals surface area contributed by atoms with E-state index in [-0.39, 0.29) is 13.4 Å². The molecule has 0 bridgehead atoms. The first-order valence-corrected chi connectivity index (χ1v) is 5.96. The van der Waals surface area contributed by atoms with Gasteiger partial charge in [0.05, 0.1) is 6.61 Å². The summed E-state index contributed by atoms with van der Waals surface area (Å²) in [6, 6.07) is 10.0. The molecule has 1 aromatic carbocycles. The van der Waals surface area contributed by atoms with Crippen molar-refractivity contribution < 1.29 is 14.6 Å². The lowest BCUT2D eigenvalue weighted by molar-refractivity contribution is 0.174. The van der Waals surface area contributed by atoms with Crippen LogP contribution >= 0.6 is 0 Å². The van der Waals surface area contributed by atoms with Crippen molar-refractivity contribution >= 4 is 0 Å². The Morgan fingerprint density at radius 2 is 2.00 bits per heavy atom. The van der Waals surface area contributed by atoms with E-state index in [4.69, 9.17) is 14.6 Å². The molecule has 4 heteroatoms. The molecule has 0 fully saturated rings. The number of rotatable bonds is 3. The molecule has 94 valence electrons. The second kappa shape index (κ2) is 4.38. The lowest BCUT2D eigenvalue weighted by Gasteiger charge is -2.10. The van der Waals surface area contributed by atoms with E-state index in [0.29, 0.717) is 6.54 Å². The predicted octanol–water partition coefficient (Wildman–Crippen LogP) is 2.18. The fourth-order valence-electron chi connectivity index (χ4n) is 2.27. The SMILES string of the molecule is Cc1ccc(-c2ccc3c(c2)OCO3)n1CCO. The topological polar surface area (TPSA) is 43.6 Å². The van der Waals surface area contributed by atoms with E-state index in [1.807, 2.05) is 25.1 Å². The van der Waals surface area contributed by atoms with Crippen LogP contribution in [0, 0.1) is 6.92 Å². The number of aromatic nitrogens is 1. The maximum absolute atomic E-state index is 9.12. The fourth-order valence-corrected chi connectivity index (χ4v) is 2.27. The molecule has 0 spiro atoms. The molecule has 0 unspecified atom stereocenters. The molecule has 1 N–H and O–H groups in total. The Balaban J connectivity index is 2.04. The molecule has 18 heavy (non-hydrogen) atoms. The molecule has 0 saturated heterocycles. The monoisotopic (exact) mass is 245 g/mol. The third-order valence-corrected chi connectivity index (χ3v) is 3.19. The highest BCUT2D eigenvalue weighted by Gasteiger charge is 2.15. The maximum atomic E-state index is 9.12. The van der Waals surface area contributed by atoms with Crippen molar-refractivity contribution in [1.29, 1.82) is 0 Å². The van der Waals surface area contributed by atoms with Crippen LogP contribution in [0.4, 0.5) is 0 Å². The van der Waals surface area contributed by atoms with Gasteiger partial charge in [0.2, 0.25) is 6.79 Å². The van der Waals surface area contributed by atoms with Crippen molar-refractivity contribution in [3.05, 3.63) is 36.0 Å². The molecule has 3 rings (SSSR count). The van der Waals surface area contributed by atoms with Crippen LogP contribution in [0.5, 0.6) is 11.5 Å². The smallest absolute Gasteiger partial charge is 0.231 e. The highest BCUT2D eigenvalue weighted by atomic mass is 16.7. The summed E-state index contributed by atoms with van der Waals surface area (Å²) in [4.78, 5) is 0. The number of aliphatic hydroxyl groups is 1. The van der Waals surface area contributed by atoms with Crippen LogP contribution in [-0.4, -0.2) is 23.1 Å². The van der Waals surface area contributed by atoms with E-state index in [1.54, 1.807) is 0 Å². The third kappa shape index (κ3) is 1.75. The van der Waals surface area contributed by atoms with Crippen molar-refractivity contribution in [3.8, 4) is 22.8 Å². The van der Waals surface area contributed by atoms with Gasteiger partial charge in [-0.1, -0.05) is 0 Å². The average molecular weight is 245 g/mol. The second-order valence-electron chi connectivity index (χ2n) is 4.30. The van der Waals surface area contributed by atoms with Crippen molar-refractivity contribution in [3.63, 3.8) is 0 Å².